The number of carbonyl (C=O) groups is 2. The Balaban J connectivity index is 2.78. The fourth-order valence-electron chi connectivity index (χ4n) is 2.91. The van der Waals surface area contributed by atoms with Gasteiger partial charge in [-0.3, -0.25) is 9.59 Å². The van der Waals surface area contributed by atoms with Crippen molar-refractivity contribution >= 4 is 11.8 Å². The fraction of sp³-hybridized carbons (Fsp3) is 0.480. The number of ketones is 1. The lowest BCUT2D eigenvalue weighted by atomic mass is 9.99. The summed E-state index contributed by atoms with van der Waals surface area (Å²) in [5.41, 5.74) is -0.833. The van der Waals surface area contributed by atoms with E-state index in [0.717, 1.165) is 25.7 Å². The predicted molar refractivity (Wildman–Crippen MR) is 121 cm³/mol. The van der Waals surface area contributed by atoms with Crippen molar-refractivity contribution in [3.05, 3.63) is 63.8 Å². The van der Waals surface area contributed by atoms with E-state index in [1.165, 1.54) is 13.2 Å². The number of unbranched alkanes of at least 4 members (excludes halogenated alkanes) is 3. The first-order valence-corrected chi connectivity index (χ1v) is 10.8. The molecule has 6 nitrogen and oxygen atoms in total. The lowest BCUT2D eigenvalue weighted by Crippen LogP contribution is -2.16. The van der Waals surface area contributed by atoms with Crippen LogP contribution in [0.5, 0.6) is 5.75 Å². The van der Waals surface area contributed by atoms with Crippen LogP contribution < -0.4 is 5.63 Å². The molecule has 0 aromatic carbocycles. The molecule has 31 heavy (non-hydrogen) atoms. The summed E-state index contributed by atoms with van der Waals surface area (Å²) in [7, 11) is 1.34. The molecule has 0 unspecified atom stereocenters. The normalized spacial score (nSPS) is 13.1. The van der Waals surface area contributed by atoms with E-state index in [1.807, 2.05) is 19.1 Å². The second-order valence-electron chi connectivity index (χ2n) is 7.53. The summed E-state index contributed by atoms with van der Waals surface area (Å²) in [5.74, 6) is -1.05. The zero-order chi connectivity index (χ0) is 23.2. The number of allylic oxidation sites excluding steroid dienone is 5. The number of hydrogen-bond acceptors (Lipinski definition) is 6. The molecule has 6 heteroatoms. The zero-order valence-electron chi connectivity index (χ0n) is 19.0. The second-order valence-corrected chi connectivity index (χ2v) is 7.53. The van der Waals surface area contributed by atoms with E-state index in [0.29, 0.717) is 24.2 Å². The molecule has 1 aromatic rings. The van der Waals surface area contributed by atoms with Gasteiger partial charge in [0.05, 0.1) is 13.5 Å². The molecule has 0 bridgehead atoms. The summed E-state index contributed by atoms with van der Waals surface area (Å²) in [4.78, 5) is 36.0. The maximum atomic E-state index is 12.6. The number of carbonyl (C=O) groups excluding carboxylic acids is 2. The largest absolute Gasteiger partial charge is 0.507 e. The number of methoxy groups -OCH3 is 1. The molecule has 1 rings (SSSR count). The minimum Gasteiger partial charge on any atom is -0.507 e. The smallest absolute Gasteiger partial charge is 0.351 e. The van der Waals surface area contributed by atoms with Crippen LogP contribution >= 0.6 is 0 Å². The van der Waals surface area contributed by atoms with Gasteiger partial charge < -0.3 is 14.3 Å². The Morgan fingerprint density at radius 1 is 1.19 bits per heavy atom. The van der Waals surface area contributed by atoms with Gasteiger partial charge in [-0.05, 0) is 38.2 Å². The quantitative estimate of drug-likeness (QED) is 0.109. The van der Waals surface area contributed by atoms with Gasteiger partial charge in [0, 0.05) is 12.0 Å². The van der Waals surface area contributed by atoms with Crippen molar-refractivity contribution in [1.29, 1.82) is 0 Å². The van der Waals surface area contributed by atoms with Gasteiger partial charge in [-0.1, -0.05) is 57.1 Å². The van der Waals surface area contributed by atoms with Crippen molar-refractivity contribution in [2.24, 2.45) is 0 Å². The summed E-state index contributed by atoms with van der Waals surface area (Å²) in [6.07, 6.45) is 14.9. The van der Waals surface area contributed by atoms with Crippen LogP contribution in [0.4, 0.5) is 0 Å². The van der Waals surface area contributed by atoms with Crippen LogP contribution in [0, 0.1) is 0 Å². The van der Waals surface area contributed by atoms with Gasteiger partial charge in [0.15, 0.2) is 5.78 Å². The molecular formula is C25H34O6. The highest BCUT2D eigenvalue weighted by atomic mass is 16.5. The van der Waals surface area contributed by atoms with Crippen molar-refractivity contribution in [1.82, 2.24) is 0 Å². The van der Waals surface area contributed by atoms with Crippen LogP contribution in [-0.2, 0) is 9.53 Å². The van der Waals surface area contributed by atoms with Gasteiger partial charge in [0.2, 0.25) is 0 Å². The zero-order valence-corrected chi connectivity index (χ0v) is 19.0. The van der Waals surface area contributed by atoms with Crippen molar-refractivity contribution in [3.8, 4) is 5.75 Å². The molecule has 1 aromatic heterocycles. The topological polar surface area (TPSA) is 93.8 Å². The Hall–Kier alpha value is -2.89. The average molecular weight is 431 g/mol. The molecule has 0 fully saturated rings. The summed E-state index contributed by atoms with van der Waals surface area (Å²) in [5, 5.41) is 10.3. The summed E-state index contributed by atoms with van der Waals surface area (Å²) >= 11 is 0. The Bertz CT molecular complexity index is 872. The Morgan fingerprint density at radius 2 is 1.94 bits per heavy atom. The second kappa shape index (κ2) is 14.2. The van der Waals surface area contributed by atoms with Gasteiger partial charge in [0.25, 0.3) is 0 Å². The van der Waals surface area contributed by atoms with Crippen molar-refractivity contribution in [2.45, 2.75) is 71.6 Å². The van der Waals surface area contributed by atoms with Gasteiger partial charge in [0.1, 0.15) is 17.1 Å². The maximum Gasteiger partial charge on any atom is 0.351 e. The molecule has 1 N–H and O–H groups in total. The first-order valence-electron chi connectivity index (χ1n) is 10.8. The van der Waals surface area contributed by atoms with Crippen LogP contribution in [0.25, 0.3) is 0 Å². The van der Waals surface area contributed by atoms with Crippen molar-refractivity contribution < 1.29 is 23.8 Å². The van der Waals surface area contributed by atoms with Crippen LogP contribution in [0.3, 0.4) is 0 Å². The molecule has 0 aliphatic carbocycles. The highest BCUT2D eigenvalue weighted by Gasteiger charge is 2.21. The average Bonchev–Trinajstić information content (AvgIpc) is 2.74. The van der Waals surface area contributed by atoms with Crippen LogP contribution in [-0.4, -0.2) is 24.0 Å². The number of esters is 1. The van der Waals surface area contributed by atoms with E-state index in [-0.39, 0.29) is 29.6 Å². The minimum absolute atomic E-state index is 0.145. The number of hydrogen-bond donors (Lipinski definition) is 1. The molecule has 0 aliphatic heterocycles. The number of rotatable bonds is 13. The van der Waals surface area contributed by atoms with Crippen LogP contribution in [0.2, 0.25) is 0 Å². The lowest BCUT2D eigenvalue weighted by molar-refractivity contribution is -0.139. The summed E-state index contributed by atoms with van der Waals surface area (Å²) in [6, 6.07) is 1.34. The lowest BCUT2D eigenvalue weighted by Gasteiger charge is -2.11. The third kappa shape index (κ3) is 9.20. The standard InChI is InChI=1S/C25H34O6/c1-5-6-7-8-9-11-15-19(3)24(28)23-20(26)17-21(31-25(23)29)18(2)14-12-10-13-16-22(27)30-4/h9-11,13,15,17-18,26H,5-8,12,14,16H2,1-4H3/b11-9+,13-10+,19-15+/t18-/m1/s1. The Labute approximate surface area is 184 Å². The molecule has 0 amide bonds. The van der Waals surface area contributed by atoms with E-state index < -0.39 is 11.4 Å². The Kier molecular flexibility index (Phi) is 12.0. The van der Waals surface area contributed by atoms with E-state index in [4.69, 9.17) is 4.42 Å². The molecule has 0 saturated heterocycles. The molecule has 1 heterocycles. The van der Waals surface area contributed by atoms with E-state index in [9.17, 15) is 19.5 Å². The molecule has 0 saturated carbocycles. The monoisotopic (exact) mass is 430 g/mol. The first kappa shape index (κ1) is 26.1. The predicted octanol–water partition coefficient (Wildman–Crippen LogP) is 5.61. The van der Waals surface area contributed by atoms with E-state index in [1.54, 1.807) is 25.2 Å². The van der Waals surface area contributed by atoms with Gasteiger partial charge in [-0.15, -0.1) is 0 Å². The van der Waals surface area contributed by atoms with E-state index in [2.05, 4.69) is 11.7 Å². The summed E-state index contributed by atoms with van der Waals surface area (Å²) in [6.45, 7) is 5.61. The summed E-state index contributed by atoms with van der Waals surface area (Å²) < 4.78 is 9.88. The number of Topliss-reactive ketones (excluding diaryl/α,β-unsaturated/α-hetero) is 1. The minimum atomic E-state index is -0.840. The first-order chi connectivity index (χ1) is 14.8. The van der Waals surface area contributed by atoms with Gasteiger partial charge >= 0.3 is 11.6 Å². The molecule has 170 valence electrons. The maximum absolute atomic E-state index is 12.6. The van der Waals surface area contributed by atoms with Crippen LogP contribution in [0.1, 0.15) is 87.8 Å². The SMILES string of the molecule is CCCCC/C=C/C=C(\C)C(=O)c1c(O)cc([C@H](C)CC/C=C/CC(=O)OC)oc1=O. The third-order valence-corrected chi connectivity index (χ3v) is 4.92. The molecule has 0 radical (unpaired) electrons. The van der Waals surface area contributed by atoms with Gasteiger partial charge in [-0.25, -0.2) is 4.79 Å². The Morgan fingerprint density at radius 3 is 2.58 bits per heavy atom. The third-order valence-electron chi connectivity index (χ3n) is 4.92. The molecule has 0 aliphatic rings. The number of aromatic hydroxyl groups is 1. The van der Waals surface area contributed by atoms with Crippen LogP contribution in [0.15, 0.2) is 51.2 Å². The van der Waals surface area contributed by atoms with Crippen molar-refractivity contribution in [3.63, 3.8) is 0 Å². The fourth-order valence-corrected chi connectivity index (χ4v) is 2.91. The van der Waals surface area contributed by atoms with Gasteiger partial charge in [-0.2, -0.15) is 0 Å². The molecule has 0 spiro atoms. The van der Waals surface area contributed by atoms with Crippen molar-refractivity contribution in [2.75, 3.05) is 7.11 Å². The molecular weight excluding hydrogens is 396 g/mol. The molecule has 1 atom stereocenters. The van der Waals surface area contributed by atoms with E-state index >= 15 is 0 Å². The number of ether oxygens (including phenoxy) is 1. The highest BCUT2D eigenvalue weighted by molar-refractivity contribution is 6.09. The highest BCUT2D eigenvalue weighted by Crippen LogP contribution is 2.26.